The summed E-state index contributed by atoms with van der Waals surface area (Å²) in [4.78, 5) is 31.7. The lowest BCUT2D eigenvalue weighted by molar-refractivity contribution is -0.186. The molecule has 0 bridgehead atoms. The quantitative estimate of drug-likeness (QED) is 0.814. The molecular formula is C11H15N3O4S. The number of anilines is 1. The molecule has 1 aromatic heterocycles. The van der Waals surface area contributed by atoms with Crippen molar-refractivity contribution in [1.29, 1.82) is 0 Å². The van der Waals surface area contributed by atoms with Crippen molar-refractivity contribution in [2.75, 3.05) is 11.9 Å². The summed E-state index contributed by atoms with van der Waals surface area (Å²) in [6.07, 6.45) is 2.39. The van der Waals surface area contributed by atoms with Crippen molar-refractivity contribution in [3.05, 3.63) is 11.1 Å². The van der Waals surface area contributed by atoms with Gasteiger partial charge in [0.15, 0.2) is 11.4 Å². The summed E-state index contributed by atoms with van der Waals surface area (Å²) < 4.78 is 5.31. The van der Waals surface area contributed by atoms with E-state index in [9.17, 15) is 9.59 Å². The zero-order valence-electron chi connectivity index (χ0n) is 10.5. The second-order valence-electron chi connectivity index (χ2n) is 4.06. The summed E-state index contributed by atoms with van der Waals surface area (Å²) in [5.74, 6) is -0.685. The first-order valence-corrected chi connectivity index (χ1v) is 6.84. The zero-order chi connectivity index (χ0) is 13.7. The van der Waals surface area contributed by atoms with E-state index in [-0.39, 0.29) is 11.6 Å². The van der Waals surface area contributed by atoms with Crippen LogP contribution in [0.3, 0.4) is 0 Å². The molecule has 0 aromatic carbocycles. The zero-order valence-corrected chi connectivity index (χ0v) is 11.3. The molecule has 0 spiro atoms. The number of aromatic nitrogens is 1. The number of hydrogen-bond acceptors (Lipinski definition) is 6. The van der Waals surface area contributed by atoms with Crippen molar-refractivity contribution in [3.8, 4) is 0 Å². The molecule has 8 heteroatoms. The maximum absolute atomic E-state index is 11.7. The third kappa shape index (κ3) is 4.27. The van der Waals surface area contributed by atoms with Crippen molar-refractivity contribution in [3.63, 3.8) is 0 Å². The molecule has 1 aliphatic rings. The molecule has 19 heavy (non-hydrogen) atoms. The largest absolute Gasteiger partial charge is 0.350 e. The fraction of sp³-hybridized carbons (Fsp3) is 0.545. The molecule has 2 rings (SSSR count). The predicted molar refractivity (Wildman–Crippen MR) is 68.6 cm³/mol. The van der Waals surface area contributed by atoms with E-state index in [1.165, 1.54) is 18.3 Å². The molecule has 2 amide bonds. The lowest BCUT2D eigenvalue weighted by Crippen LogP contribution is -2.33. The molecule has 2 N–H and O–H groups in total. The normalized spacial score (nSPS) is 18.9. The smallest absolute Gasteiger partial charge is 0.294 e. The number of ether oxygens (including phenoxy) is 1. The molecule has 0 saturated carbocycles. The van der Waals surface area contributed by atoms with Crippen molar-refractivity contribution in [2.24, 2.45) is 0 Å². The van der Waals surface area contributed by atoms with Crippen LogP contribution in [0.1, 0.15) is 36.7 Å². The van der Waals surface area contributed by atoms with Gasteiger partial charge in [-0.25, -0.2) is 15.3 Å². The lowest BCUT2D eigenvalue weighted by atomic mass is 10.2. The van der Waals surface area contributed by atoms with Gasteiger partial charge in [0.05, 0.1) is 0 Å². The molecule has 1 aliphatic heterocycles. The summed E-state index contributed by atoms with van der Waals surface area (Å²) in [6, 6.07) is 0. The Morgan fingerprint density at radius 3 is 3.05 bits per heavy atom. The first-order valence-electron chi connectivity index (χ1n) is 5.96. The van der Waals surface area contributed by atoms with E-state index in [0.29, 0.717) is 11.7 Å². The molecule has 0 unspecified atom stereocenters. The fourth-order valence-electron chi connectivity index (χ4n) is 1.56. The van der Waals surface area contributed by atoms with Crippen LogP contribution in [-0.4, -0.2) is 29.7 Å². The minimum atomic E-state index is -0.456. The second kappa shape index (κ2) is 6.60. The Balaban J connectivity index is 1.81. The van der Waals surface area contributed by atoms with Gasteiger partial charge in [-0.05, 0) is 12.8 Å². The molecule has 104 valence electrons. The van der Waals surface area contributed by atoms with Crippen LogP contribution in [0, 0.1) is 0 Å². The molecular weight excluding hydrogens is 270 g/mol. The number of nitrogens with one attached hydrogen (secondary N) is 2. The molecule has 7 nitrogen and oxygen atoms in total. The number of carbonyl (C=O) groups excluding carboxylic acids is 2. The van der Waals surface area contributed by atoms with Crippen LogP contribution in [0.25, 0.3) is 0 Å². The van der Waals surface area contributed by atoms with E-state index >= 15 is 0 Å². The minimum Gasteiger partial charge on any atom is -0.350 e. The van der Waals surface area contributed by atoms with Gasteiger partial charge in [0.1, 0.15) is 5.69 Å². The number of amides is 2. The number of nitrogens with zero attached hydrogens (tertiary/aromatic N) is 1. The summed E-state index contributed by atoms with van der Waals surface area (Å²) >= 11 is 1.18. The highest BCUT2D eigenvalue weighted by Crippen LogP contribution is 2.16. The maximum atomic E-state index is 11.7. The van der Waals surface area contributed by atoms with E-state index in [4.69, 9.17) is 9.57 Å². The monoisotopic (exact) mass is 285 g/mol. The number of hydroxylamine groups is 1. The third-order valence-electron chi connectivity index (χ3n) is 2.44. The van der Waals surface area contributed by atoms with Crippen LogP contribution in [-0.2, 0) is 14.4 Å². The highest BCUT2D eigenvalue weighted by Gasteiger charge is 2.17. The molecule has 1 saturated heterocycles. The van der Waals surface area contributed by atoms with E-state index in [2.05, 4.69) is 15.8 Å². The van der Waals surface area contributed by atoms with Crippen LogP contribution in [0.2, 0.25) is 0 Å². The van der Waals surface area contributed by atoms with Gasteiger partial charge in [0, 0.05) is 25.3 Å². The first kappa shape index (κ1) is 13.9. The van der Waals surface area contributed by atoms with Gasteiger partial charge in [0.25, 0.3) is 5.91 Å². The molecule has 1 aromatic rings. The van der Waals surface area contributed by atoms with Gasteiger partial charge >= 0.3 is 0 Å². The van der Waals surface area contributed by atoms with Crippen LogP contribution in [0.4, 0.5) is 5.13 Å². The van der Waals surface area contributed by atoms with Crippen LogP contribution < -0.4 is 10.8 Å². The highest BCUT2D eigenvalue weighted by molar-refractivity contribution is 7.14. The van der Waals surface area contributed by atoms with Crippen LogP contribution in [0.5, 0.6) is 0 Å². The average Bonchev–Trinajstić information content (AvgIpc) is 2.85. The Morgan fingerprint density at radius 2 is 2.37 bits per heavy atom. The summed E-state index contributed by atoms with van der Waals surface area (Å²) in [5.41, 5.74) is 2.50. The topological polar surface area (TPSA) is 89.6 Å². The van der Waals surface area contributed by atoms with E-state index < -0.39 is 12.2 Å². The average molecular weight is 285 g/mol. The Hall–Kier alpha value is -1.51. The predicted octanol–water partition coefficient (Wildman–Crippen LogP) is 1.29. The number of rotatable bonds is 4. The van der Waals surface area contributed by atoms with Gasteiger partial charge in [-0.3, -0.25) is 9.59 Å². The van der Waals surface area contributed by atoms with Gasteiger partial charge in [-0.1, -0.05) is 0 Å². The van der Waals surface area contributed by atoms with E-state index in [1.54, 1.807) is 5.38 Å². The second-order valence-corrected chi connectivity index (χ2v) is 4.92. The SMILES string of the molecule is CC(=O)Nc1nc(C(=O)NO[C@H]2CCCCO2)cs1. The highest BCUT2D eigenvalue weighted by atomic mass is 32.1. The summed E-state index contributed by atoms with van der Waals surface area (Å²) in [6.45, 7) is 2.02. The Kier molecular flexibility index (Phi) is 4.83. The summed E-state index contributed by atoms with van der Waals surface area (Å²) in [5, 5.41) is 4.44. The Morgan fingerprint density at radius 1 is 1.53 bits per heavy atom. The fourth-order valence-corrected chi connectivity index (χ4v) is 2.30. The van der Waals surface area contributed by atoms with Gasteiger partial charge in [0.2, 0.25) is 5.91 Å². The van der Waals surface area contributed by atoms with E-state index in [1.807, 2.05) is 0 Å². The number of hydrogen-bond donors (Lipinski definition) is 2. The lowest BCUT2D eigenvalue weighted by Gasteiger charge is -2.21. The van der Waals surface area contributed by atoms with Gasteiger partial charge in [-0.15, -0.1) is 11.3 Å². The molecule has 2 heterocycles. The van der Waals surface area contributed by atoms with E-state index in [0.717, 1.165) is 19.3 Å². The van der Waals surface area contributed by atoms with Crippen molar-refractivity contribution < 1.29 is 19.2 Å². The van der Waals surface area contributed by atoms with Crippen molar-refractivity contribution >= 4 is 28.3 Å². The molecule has 1 atom stereocenters. The molecule has 0 aliphatic carbocycles. The standard InChI is InChI=1S/C11H15N3O4S/c1-7(15)12-11-13-8(6-19-11)10(16)14-18-9-4-2-3-5-17-9/h6,9H,2-5H2,1H3,(H,14,16)(H,12,13,15)/t9-/m0/s1. The van der Waals surface area contributed by atoms with Crippen molar-refractivity contribution in [2.45, 2.75) is 32.5 Å². The minimum absolute atomic E-state index is 0.199. The number of carbonyl (C=O) groups is 2. The molecule has 0 radical (unpaired) electrons. The van der Waals surface area contributed by atoms with Gasteiger partial charge < -0.3 is 10.1 Å². The Bertz CT molecular complexity index is 457. The number of thiazole rings is 1. The molecule has 1 fully saturated rings. The summed E-state index contributed by atoms with van der Waals surface area (Å²) in [7, 11) is 0. The Labute approximate surface area is 114 Å². The first-order chi connectivity index (χ1) is 9.15. The van der Waals surface area contributed by atoms with Gasteiger partial charge in [-0.2, -0.15) is 0 Å². The van der Waals surface area contributed by atoms with Crippen molar-refractivity contribution in [1.82, 2.24) is 10.5 Å². The third-order valence-corrected chi connectivity index (χ3v) is 3.20. The van der Waals surface area contributed by atoms with Crippen LogP contribution in [0.15, 0.2) is 5.38 Å². The maximum Gasteiger partial charge on any atom is 0.294 e. The van der Waals surface area contributed by atoms with Crippen LogP contribution >= 0.6 is 11.3 Å².